The smallest absolute Gasteiger partial charge is 0.307 e. The van der Waals surface area contributed by atoms with Gasteiger partial charge in [0.1, 0.15) is 0 Å². The monoisotopic (exact) mass is 304 g/mol. The van der Waals surface area contributed by atoms with Crippen LogP contribution < -0.4 is 5.32 Å². The molecular weight excluding hydrogens is 280 g/mol. The van der Waals surface area contributed by atoms with Gasteiger partial charge in [0.15, 0.2) is 0 Å². The molecule has 1 aliphatic rings. The molecule has 1 aromatic rings. The summed E-state index contributed by atoms with van der Waals surface area (Å²) < 4.78 is 0. The summed E-state index contributed by atoms with van der Waals surface area (Å²) >= 11 is 0. The maximum Gasteiger partial charge on any atom is 0.307 e. The molecule has 0 aliphatic carbocycles. The summed E-state index contributed by atoms with van der Waals surface area (Å²) in [6.07, 6.45) is 0.618. The van der Waals surface area contributed by atoms with E-state index in [1.54, 1.807) is 0 Å². The highest BCUT2D eigenvalue weighted by molar-refractivity contribution is 5.81. The Labute approximate surface area is 131 Å². The average Bonchev–Trinajstić information content (AvgIpc) is 3.02. The number of carboxylic acids is 1. The van der Waals surface area contributed by atoms with Crippen LogP contribution in [0.25, 0.3) is 0 Å². The van der Waals surface area contributed by atoms with Gasteiger partial charge < -0.3 is 10.4 Å². The molecule has 22 heavy (non-hydrogen) atoms. The van der Waals surface area contributed by atoms with E-state index in [1.165, 1.54) is 5.56 Å². The highest BCUT2D eigenvalue weighted by Crippen LogP contribution is 2.19. The summed E-state index contributed by atoms with van der Waals surface area (Å²) in [4.78, 5) is 25.2. The summed E-state index contributed by atoms with van der Waals surface area (Å²) in [5, 5.41) is 12.0. The zero-order chi connectivity index (χ0) is 16.1. The Kier molecular flexibility index (Phi) is 5.55. The third kappa shape index (κ3) is 4.07. The number of benzene rings is 1. The molecule has 2 rings (SSSR count). The summed E-state index contributed by atoms with van der Waals surface area (Å²) in [7, 11) is 0. The molecule has 5 heteroatoms. The fourth-order valence-electron chi connectivity index (χ4n) is 2.81. The maximum atomic E-state index is 12.2. The number of nitrogens with one attached hydrogen (secondary N) is 1. The quantitative estimate of drug-likeness (QED) is 0.839. The number of hydrogen-bond donors (Lipinski definition) is 2. The zero-order valence-electron chi connectivity index (χ0n) is 13.2. The standard InChI is InChI=1S/C17H24N2O3/c1-12(14-6-4-3-5-7-14)10-18-16(20)13(2)19-9-8-15(11-19)17(21)22/h3-7,12-13,15H,8-11H2,1-2H3,(H,18,20)(H,21,22). The zero-order valence-corrected chi connectivity index (χ0v) is 13.2. The van der Waals surface area contributed by atoms with Crippen molar-refractivity contribution in [3.05, 3.63) is 35.9 Å². The van der Waals surface area contributed by atoms with Crippen LogP contribution in [-0.2, 0) is 9.59 Å². The van der Waals surface area contributed by atoms with Crippen molar-refractivity contribution in [3.8, 4) is 0 Å². The number of likely N-dealkylation sites (tertiary alicyclic amines) is 1. The van der Waals surface area contributed by atoms with E-state index in [0.717, 1.165) is 0 Å². The van der Waals surface area contributed by atoms with E-state index >= 15 is 0 Å². The molecule has 2 N–H and O–H groups in total. The van der Waals surface area contributed by atoms with Gasteiger partial charge in [-0.2, -0.15) is 0 Å². The van der Waals surface area contributed by atoms with E-state index in [2.05, 4.69) is 24.4 Å². The second-order valence-electron chi connectivity index (χ2n) is 6.05. The second-order valence-corrected chi connectivity index (χ2v) is 6.05. The van der Waals surface area contributed by atoms with Gasteiger partial charge in [0.05, 0.1) is 12.0 Å². The molecule has 0 spiro atoms. The minimum absolute atomic E-state index is 0.0335. The molecule has 0 bridgehead atoms. The van der Waals surface area contributed by atoms with E-state index in [0.29, 0.717) is 26.1 Å². The van der Waals surface area contributed by atoms with Gasteiger partial charge in [-0.1, -0.05) is 37.3 Å². The molecule has 1 fully saturated rings. The van der Waals surface area contributed by atoms with Crippen LogP contribution in [0.4, 0.5) is 0 Å². The van der Waals surface area contributed by atoms with Crippen LogP contribution in [0.5, 0.6) is 0 Å². The van der Waals surface area contributed by atoms with Gasteiger partial charge >= 0.3 is 5.97 Å². The Morgan fingerprint density at radius 2 is 2.00 bits per heavy atom. The molecule has 3 unspecified atom stereocenters. The van der Waals surface area contributed by atoms with Gasteiger partial charge in [-0.05, 0) is 31.4 Å². The van der Waals surface area contributed by atoms with Crippen LogP contribution in [0.3, 0.4) is 0 Å². The van der Waals surface area contributed by atoms with Gasteiger partial charge in [0, 0.05) is 13.1 Å². The second kappa shape index (κ2) is 7.40. The Morgan fingerprint density at radius 1 is 1.32 bits per heavy atom. The van der Waals surface area contributed by atoms with Crippen molar-refractivity contribution in [2.45, 2.75) is 32.2 Å². The van der Waals surface area contributed by atoms with Gasteiger partial charge in [-0.25, -0.2) is 0 Å². The number of hydrogen-bond acceptors (Lipinski definition) is 3. The Hall–Kier alpha value is -1.88. The molecule has 1 aromatic carbocycles. The minimum atomic E-state index is -0.771. The predicted octanol–water partition coefficient (Wildman–Crippen LogP) is 1.70. The summed E-state index contributed by atoms with van der Waals surface area (Å²) in [5.41, 5.74) is 1.20. The Morgan fingerprint density at radius 3 is 2.59 bits per heavy atom. The fourth-order valence-corrected chi connectivity index (χ4v) is 2.81. The number of carboxylic acid groups (broad SMARTS) is 1. The predicted molar refractivity (Wildman–Crippen MR) is 84.6 cm³/mol. The third-order valence-electron chi connectivity index (χ3n) is 4.45. The lowest BCUT2D eigenvalue weighted by Gasteiger charge is -2.24. The van der Waals surface area contributed by atoms with Crippen LogP contribution in [0.1, 0.15) is 31.7 Å². The normalized spacial score (nSPS) is 21.3. The summed E-state index contributed by atoms with van der Waals surface area (Å²) in [5.74, 6) is -0.900. The van der Waals surface area contributed by atoms with Crippen LogP contribution in [0.15, 0.2) is 30.3 Å². The molecule has 0 radical (unpaired) electrons. The van der Waals surface area contributed by atoms with Crippen molar-refractivity contribution in [3.63, 3.8) is 0 Å². The number of aliphatic carboxylic acids is 1. The van der Waals surface area contributed by atoms with Crippen molar-refractivity contribution in [1.82, 2.24) is 10.2 Å². The molecule has 0 saturated carbocycles. The molecule has 3 atom stereocenters. The van der Waals surface area contributed by atoms with Crippen molar-refractivity contribution >= 4 is 11.9 Å². The van der Waals surface area contributed by atoms with Gasteiger partial charge in [-0.3, -0.25) is 14.5 Å². The van der Waals surface area contributed by atoms with Crippen molar-refractivity contribution in [2.75, 3.05) is 19.6 Å². The van der Waals surface area contributed by atoms with E-state index in [1.807, 2.05) is 30.0 Å². The molecule has 0 aromatic heterocycles. The summed E-state index contributed by atoms with van der Waals surface area (Å²) in [6, 6.07) is 9.78. The van der Waals surface area contributed by atoms with Gasteiger partial charge in [0.2, 0.25) is 5.91 Å². The third-order valence-corrected chi connectivity index (χ3v) is 4.45. The van der Waals surface area contributed by atoms with Crippen molar-refractivity contribution in [1.29, 1.82) is 0 Å². The number of rotatable bonds is 6. The number of carbonyl (C=O) groups is 2. The highest BCUT2D eigenvalue weighted by Gasteiger charge is 2.33. The van der Waals surface area contributed by atoms with E-state index in [4.69, 9.17) is 5.11 Å². The highest BCUT2D eigenvalue weighted by atomic mass is 16.4. The molecule has 1 amide bonds. The fraction of sp³-hybridized carbons (Fsp3) is 0.529. The number of nitrogens with zero attached hydrogens (tertiary/aromatic N) is 1. The van der Waals surface area contributed by atoms with E-state index in [9.17, 15) is 9.59 Å². The van der Waals surface area contributed by atoms with Crippen molar-refractivity contribution < 1.29 is 14.7 Å². The first-order valence-electron chi connectivity index (χ1n) is 7.78. The van der Waals surface area contributed by atoms with Crippen LogP contribution in [-0.4, -0.2) is 47.6 Å². The van der Waals surface area contributed by atoms with E-state index < -0.39 is 5.97 Å². The largest absolute Gasteiger partial charge is 0.481 e. The molecule has 1 heterocycles. The molecule has 5 nitrogen and oxygen atoms in total. The molecule has 1 aliphatic heterocycles. The van der Waals surface area contributed by atoms with E-state index in [-0.39, 0.29) is 23.8 Å². The lowest BCUT2D eigenvalue weighted by Crippen LogP contribution is -2.45. The van der Waals surface area contributed by atoms with Gasteiger partial charge in [0.25, 0.3) is 0 Å². The molecule has 1 saturated heterocycles. The number of carbonyl (C=O) groups excluding carboxylic acids is 1. The molecular formula is C17H24N2O3. The number of amides is 1. The minimum Gasteiger partial charge on any atom is -0.481 e. The van der Waals surface area contributed by atoms with Crippen molar-refractivity contribution in [2.24, 2.45) is 5.92 Å². The Balaban J connectivity index is 1.81. The lowest BCUT2D eigenvalue weighted by atomic mass is 10.0. The van der Waals surface area contributed by atoms with Crippen LogP contribution in [0.2, 0.25) is 0 Å². The lowest BCUT2D eigenvalue weighted by molar-refractivity contribution is -0.141. The SMILES string of the molecule is CC(CNC(=O)C(C)N1CCC(C(=O)O)C1)c1ccccc1. The topological polar surface area (TPSA) is 69.6 Å². The van der Waals surface area contributed by atoms with Crippen LogP contribution in [0, 0.1) is 5.92 Å². The first-order valence-corrected chi connectivity index (χ1v) is 7.78. The molecule has 120 valence electrons. The maximum absolute atomic E-state index is 12.2. The van der Waals surface area contributed by atoms with Crippen LogP contribution >= 0.6 is 0 Å². The summed E-state index contributed by atoms with van der Waals surface area (Å²) in [6.45, 7) is 5.63. The van der Waals surface area contributed by atoms with Gasteiger partial charge in [-0.15, -0.1) is 0 Å². The average molecular weight is 304 g/mol. The first-order chi connectivity index (χ1) is 10.5. The Bertz CT molecular complexity index is 518. The first kappa shape index (κ1) is 16.5.